The lowest BCUT2D eigenvalue weighted by atomic mass is 9.83. The Morgan fingerprint density at radius 1 is 1.20 bits per heavy atom. The first-order valence-electron chi connectivity index (χ1n) is 7.57. The Kier molecular flexibility index (Phi) is 5.72. The highest BCUT2D eigenvalue weighted by atomic mass is 19.2. The molecule has 0 radical (unpaired) electrons. The predicted molar refractivity (Wildman–Crippen MR) is 79.5 cm³/mol. The van der Waals surface area contributed by atoms with E-state index in [-0.39, 0.29) is 0 Å². The van der Waals surface area contributed by atoms with E-state index in [9.17, 15) is 8.78 Å². The number of likely N-dealkylation sites (N-methyl/N-ethyl adjacent to an activating group) is 1. The molecule has 1 N–H and O–H groups in total. The summed E-state index contributed by atoms with van der Waals surface area (Å²) in [5.41, 5.74) is 2.07. The summed E-state index contributed by atoms with van der Waals surface area (Å²) in [5.74, 6) is -0.978. The van der Waals surface area contributed by atoms with Gasteiger partial charge in [-0.25, -0.2) is 8.78 Å². The molecule has 3 heteroatoms. The van der Waals surface area contributed by atoms with Crippen molar-refractivity contribution in [3.05, 3.63) is 41.0 Å². The number of nitrogens with one attached hydrogen (secondary N) is 1. The van der Waals surface area contributed by atoms with Crippen molar-refractivity contribution in [2.75, 3.05) is 13.1 Å². The van der Waals surface area contributed by atoms with Crippen LogP contribution in [0.3, 0.4) is 0 Å². The largest absolute Gasteiger partial charge is 0.313 e. The van der Waals surface area contributed by atoms with Crippen LogP contribution >= 0.6 is 0 Å². The van der Waals surface area contributed by atoms with Crippen molar-refractivity contribution in [3.63, 3.8) is 0 Å². The summed E-state index contributed by atoms with van der Waals surface area (Å²) in [6, 6.07) is 4.13. The average molecular weight is 279 g/mol. The van der Waals surface area contributed by atoms with Gasteiger partial charge in [-0.05, 0) is 43.0 Å². The number of hydrogen-bond acceptors (Lipinski definition) is 1. The van der Waals surface area contributed by atoms with Crippen LogP contribution in [-0.4, -0.2) is 13.1 Å². The minimum atomic E-state index is -0.784. The van der Waals surface area contributed by atoms with E-state index in [4.69, 9.17) is 0 Å². The van der Waals surface area contributed by atoms with Crippen molar-refractivity contribution in [2.24, 2.45) is 5.92 Å². The lowest BCUT2D eigenvalue weighted by molar-refractivity contribution is 0.397. The fourth-order valence-corrected chi connectivity index (χ4v) is 2.87. The van der Waals surface area contributed by atoms with Crippen molar-refractivity contribution >= 4 is 6.08 Å². The van der Waals surface area contributed by atoms with Gasteiger partial charge in [-0.3, -0.25) is 0 Å². The number of benzene rings is 1. The van der Waals surface area contributed by atoms with E-state index in [1.807, 2.05) is 6.08 Å². The summed E-state index contributed by atoms with van der Waals surface area (Å²) in [7, 11) is 0. The highest BCUT2D eigenvalue weighted by molar-refractivity contribution is 5.54. The molecule has 1 aromatic rings. The summed E-state index contributed by atoms with van der Waals surface area (Å²) in [4.78, 5) is 0. The predicted octanol–water partition coefficient (Wildman–Crippen LogP) is 4.54. The van der Waals surface area contributed by atoms with E-state index in [1.54, 1.807) is 6.07 Å². The number of halogens is 2. The Morgan fingerprint density at radius 2 is 1.95 bits per heavy atom. The first-order valence-corrected chi connectivity index (χ1v) is 7.57. The molecule has 1 fully saturated rings. The van der Waals surface area contributed by atoms with Crippen LogP contribution in [-0.2, 0) is 0 Å². The van der Waals surface area contributed by atoms with Gasteiger partial charge in [0, 0.05) is 6.54 Å². The standard InChI is InChI=1S/C17H23F2N/c1-2-20-12-15(14-6-4-3-5-7-14)10-13-8-9-16(18)17(19)11-13/h8-11,14,20H,2-7,12H2,1H3/b15-10-. The summed E-state index contributed by atoms with van der Waals surface area (Å²) >= 11 is 0. The molecule has 0 unspecified atom stereocenters. The monoisotopic (exact) mass is 279 g/mol. The molecule has 20 heavy (non-hydrogen) atoms. The average Bonchev–Trinajstić information content (AvgIpc) is 2.48. The number of rotatable bonds is 5. The molecule has 2 rings (SSSR count). The summed E-state index contributed by atoms with van der Waals surface area (Å²) < 4.78 is 26.3. The maximum absolute atomic E-state index is 13.3. The molecule has 0 atom stereocenters. The van der Waals surface area contributed by atoms with Crippen LogP contribution in [0.5, 0.6) is 0 Å². The molecule has 0 aliphatic heterocycles. The highest BCUT2D eigenvalue weighted by Crippen LogP contribution is 2.30. The van der Waals surface area contributed by atoms with Crippen molar-refractivity contribution in [1.82, 2.24) is 5.32 Å². The molecule has 110 valence electrons. The van der Waals surface area contributed by atoms with Gasteiger partial charge in [0.15, 0.2) is 11.6 Å². The zero-order valence-electron chi connectivity index (χ0n) is 12.1. The summed E-state index contributed by atoms with van der Waals surface area (Å²) in [6.45, 7) is 3.83. The topological polar surface area (TPSA) is 12.0 Å². The molecule has 0 heterocycles. The van der Waals surface area contributed by atoms with E-state index in [1.165, 1.54) is 49.8 Å². The highest BCUT2D eigenvalue weighted by Gasteiger charge is 2.17. The molecule has 1 aromatic carbocycles. The third-order valence-corrected chi connectivity index (χ3v) is 4.00. The first kappa shape index (κ1) is 15.2. The van der Waals surface area contributed by atoms with Gasteiger partial charge >= 0.3 is 0 Å². The number of hydrogen-bond donors (Lipinski definition) is 1. The van der Waals surface area contributed by atoms with Crippen LogP contribution in [0.1, 0.15) is 44.6 Å². The maximum atomic E-state index is 13.3. The van der Waals surface area contributed by atoms with Gasteiger partial charge in [0.25, 0.3) is 0 Å². The quantitative estimate of drug-likeness (QED) is 0.834. The van der Waals surface area contributed by atoms with E-state index < -0.39 is 11.6 Å². The minimum Gasteiger partial charge on any atom is -0.313 e. The van der Waals surface area contributed by atoms with Crippen molar-refractivity contribution < 1.29 is 8.78 Å². The lowest BCUT2D eigenvalue weighted by Gasteiger charge is -2.25. The van der Waals surface area contributed by atoms with E-state index >= 15 is 0 Å². The van der Waals surface area contributed by atoms with Crippen LogP contribution in [0.15, 0.2) is 23.8 Å². The minimum absolute atomic E-state index is 0.580. The van der Waals surface area contributed by atoms with Gasteiger partial charge in [-0.2, -0.15) is 0 Å². The molecular weight excluding hydrogens is 256 g/mol. The Morgan fingerprint density at radius 3 is 2.60 bits per heavy atom. The van der Waals surface area contributed by atoms with Gasteiger partial charge in [-0.1, -0.05) is 43.9 Å². The third-order valence-electron chi connectivity index (χ3n) is 4.00. The van der Waals surface area contributed by atoms with Gasteiger partial charge in [-0.15, -0.1) is 0 Å². The van der Waals surface area contributed by atoms with E-state index in [2.05, 4.69) is 12.2 Å². The van der Waals surface area contributed by atoms with Gasteiger partial charge in [0.1, 0.15) is 0 Å². The zero-order valence-corrected chi connectivity index (χ0v) is 12.1. The van der Waals surface area contributed by atoms with E-state index in [0.717, 1.165) is 18.7 Å². The second-order valence-corrected chi connectivity index (χ2v) is 5.51. The molecule has 1 nitrogen and oxygen atoms in total. The van der Waals surface area contributed by atoms with Gasteiger partial charge in [0.05, 0.1) is 0 Å². The molecular formula is C17H23F2N. The normalized spacial score (nSPS) is 17.4. The van der Waals surface area contributed by atoms with Gasteiger partial charge in [0.2, 0.25) is 0 Å². The van der Waals surface area contributed by atoms with Crippen LogP contribution in [0.4, 0.5) is 8.78 Å². The van der Waals surface area contributed by atoms with Crippen LogP contribution in [0.25, 0.3) is 6.08 Å². The fourth-order valence-electron chi connectivity index (χ4n) is 2.87. The lowest BCUT2D eigenvalue weighted by Crippen LogP contribution is -2.22. The Balaban J connectivity index is 2.19. The van der Waals surface area contributed by atoms with Crippen molar-refractivity contribution in [2.45, 2.75) is 39.0 Å². The van der Waals surface area contributed by atoms with Crippen LogP contribution in [0.2, 0.25) is 0 Å². The molecule has 0 bridgehead atoms. The molecule has 0 aromatic heterocycles. The zero-order chi connectivity index (χ0) is 14.4. The molecule has 0 spiro atoms. The maximum Gasteiger partial charge on any atom is 0.159 e. The summed E-state index contributed by atoms with van der Waals surface area (Å²) in [5, 5.41) is 3.36. The van der Waals surface area contributed by atoms with E-state index in [0.29, 0.717) is 5.92 Å². The van der Waals surface area contributed by atoms with Crippen LogP contribution < -0.4 is 5.32 Å². The Bertz CT molecular complexity index is 462. The Hall–Kier alpha value is -1.22. The second kappa shape index (κ2) is 7.53. The fraction of sp³-hybridized carbons (Fsp3) is 0.529. The SMILES string of the molecule is CCNC/C(=C/c1ccc(F)c(F)c1)C1CCCCC1. The second-order valence-electron chi connectivity index (χ2n) is 5.51. The molecule has 0 amide bonds. The van der Waals surface area contributed by atoms with Gasteiger partial charge < -0.3 is 5.32 Å². The van der Waals surface area contributed by atoms with Crippen molar-refractivity contribution in [3.8, 4) is 0 Å². The first-order chi connectivity index (χ1) is 9.70. The molecule has 0 saturated heterocycles. The van der Waals surface area contributed by atoms with Crippen LogP contribution in [0, 0.1) is 17.6 Å². The smallest absolute Gasteiger partial charge is 0.159 e. The Labute approximate surface area is 120 Å². The molecule has 1 saturated carbocycles. The summed E-state index contributed by atoms with van der Waals surface area (Å²) in [6.07, 6.45) is 8.30. The molecule has 1 aliphatic rings. The molecule has 1 aliphatic carbocycles. The van der Waals surface area contributed by atoms with Crippen molar-refractivity contribution in [1.29, 1.82) is 0 Å². The third kappa shape index (κ3) is 4.14.